The molecule has 0 aliphatic carbocycles. The van der Waals surface area contributed by atoms with Gasteiger partial charge in [-0.15, -0.1) is 0 Å². The van der Waals surface area contributed by atoms with Gasteiger partial charge in [-0.05, 0) is 12.1 Å². The number of fused-ring (bicyclic) bond motifs is 1. The second-order valence-corrected chi connectivity index (χ2v) is 3.40. The molecule has 88 valence electrons. The highest BCUT2D eigenvalue weighted by molar-refractivity contribution is 5.83. The Kier molecular flexibility index (Phi) is 2.78. The number of methoxy groups -OCH3 is 1. The molecule has 1 aromatic carbocycles. The second kappa shape index (κ2) is 4.25. The topological polar surface area (TPSA) is 81.2 Å². The molecule has 1 aromatic heterocycles. The lowest BCUT2D eigenvalue weighted by atomic mass is 10.2. The molecular weight excluding hydrogens is 224 g/mol. The number of nitrogens with one attached hydrogen (secondary N) is 1. The van der Waals surface area contributed by atoms with Gasteiger partial charge in [0.05, 0.1) is 24.6 Å². The monoisotopic (exact) mass is 234 g/mol. The first kappa shape index (κ1) is 11.1. The number of carbonyl (C=O) groups is 1. The lowest BCUT2D eigenvalue weighted by molar-refractivity contribution is -0.108. The Balaban J connectivity index is 2.90. The molecule has 0 unspecified atom stereocenters. The third-order valence-electron chi connectivity index (χ3n) is 2.46. The lowest BCUT2D eigenvalue weighted by Crippen LogP contribution is -2.35. The minimum Gasteiger partial charge on any atom is -0.495 e. The molecule has 0 saturated carbocycles. The number of rotatable bonds is 3. The number of benzene rings is 1. The summed E-state index contributed by atoms with van der Waals surface area (Å²) in [5.74, 6) is 0.412. The maximum absolute atomic E-state index is 11.9. The molecule has 0 bridgehead atoms. The van der Waals surface area contributed by atoms with E-state index < -0.39 is 11.2 Å². The van der Waals surface area contributed by atoms with Crippen molar-refractivity contribution in [2.24, 2.45) is 0 Å². The van der Waals surface area contributed by atoms with Crippen LogP contribution in [0.3, 0.4) is 0 Å². The van der Waals surface area contributed by atoms with Crippen LogP contribution in [-0.4, -0.2) is 22.9 Å². The van der Waals surface area contributed by atoms with Gasteiger partial charge in [0.2, 0.25) is 0 Å². The molecule has 0 aliphatic heterocycles. The van der Waals surface area contributed by atoms with Crippen molar-refractivity contribution in [1.29, 1.82) is 0 Å². The van der Waals surface area contributed by atoms with Crippen molar-refractivity contribution >= 4 is 17.2 Å². The fourth-order valence-corrected chi connectivity index (χ4v) is 1.66. The summed E-state index contributed by atoms with van der Waals surface area (Å²) in [7, 11) is 1.45. The van der Waals surface area contributed by atoms with E-state index in [-0.39, 0.29) is 6.54 Å². The van der Waals surface area contributed by atoms with Gasteiger partial charge < -0.3 is 14.5 Å². The summed E-state index contributed by atoms with van der Waals surface area (Å²) in [6.07, 6.45) is 0.503. The first-order chi connectivity index (χ1) is 8.19. The number of aromatic amines is 1. The average Bonchev–Trinajstić information content (AvgIpc) is 2.34. The minimum absolute atomic E-state index is 0.263. The molecule has 6 nitrogen and oxygen atoms in total. The highest BCUT2D eigenvalue weighted by Gasteiger charge is 2.09. The lowest BCUT2D eigenvalue weighted by Gasteiger charge is -2.06. The standard InChI is InChI=1S/C11H10N2O4/c1-17-8-4-2-3-7-9(8)12-11(16)13(5-6-14)10(7)15/h2-4,6H,5H2,1H3,(H,12,16). The Bertz CT molecular complexity index is 684. The van der Waals surface area contributed by atoms with Crippen molar-refractivity contribution in [3.05, 3.63) is 39.0 Å². The number of hydrogen-bond donors (Lipinski definition) is 1. The number of nitrogens with zero attached hydrogens (tertiary/aromatic N) is 1. The minimum atomic E-state index is -0.626. The maximum Gasteiger partial charge on any atom is 0.329 e. The molecule has 0 saturated heterocycles. The van der Waals surface area contributed by atoms with Gasteiger partial charge >= 0.3 is 5.69 Å². The van der Waals surface area contributed by atoms with Crippen LogP contribution in [0.2, 0.25) is 0 Å². The first-order valence-electron chi connectivity index (χ1n) is 4.92. The van der Waals surface area contributed by atoms with Gasteiger partial charge in [0.1, 0.15) is 12.0 Å². The second-order valence-electron chi connectivity index (χ2n) is 3.40. The number of para-hydroxylation sites is 1. The molecule has 1 N–H and O–H groups in total. The van der Waals surface area contributed by atoms with Crippen molar-refractivity contribution in [1.82, 2.24) is 9.55 Å². The smallest absolute Gasteiger partial charge is 0.329 e. The van der Waals surface area contributed by atoms with Gasteiger partial charge in [-0.3, -0.25) is 9.36 Å². The fraction of sp³-hybridized carbons (Fsp3) is 0.182. The Labute approximate surface area is 95.5 Å². The summed E-state index contributed by atoms with van der Waals surface area (Å²) in [6.45, 7) is -0.263. The van der Waals surface area contributed by atoms with Gasteiger partial charge in [0.25, 0.3) is 5.56 Å². The molecule has 0 aliphatic rings. The zero-order valence-corrected chi connectivity index (χ0v) is 9.10. The number of aldehydes is 1. The number of hydrogen-bond acceptors (Lipinski definition) is 4. The normalized spacial score (nSPS) is 10.4. The highest BCUT2D eigenvalue weighted by atomic mass is 16.5. The van der Waals surface area contributed by atoms with E-state index in [1.165, 1.54) is 7.11 Å². The summed E-state index contributed by atoms with van der Waals surface area (Å²) in [5, 5.41) is 0.311. The SMILES string of the molecule is COc1cccc2c(=O)n(CC=O)c(=O)[nH]c12. The van der Waals surface area contributed by atoms with Crippen molar-refractivity contribution in [3.63, 3.8) is 0 Å². The zero-order valence-electron chi connectivity index (χ0n) is 9.10. The molecule has 1 heterocycles. The van der Waals surface area contributed by atoms with E-state index in [1.807, 2.05) is 0 Å². The molecule has 0 amide bonds. The van der Waals surface area contributed by atoms with Gasteiger partial charge in [0, 0.05) is 0 Å². The van der Waals surface area contributed by atoms with E-state index in [9.17, 15) is 14.4 Å². The number of carbonyl (C=O) groups excluding carboxylic acids is 1. The van der Waals surface area contributed by atoms with E-state index in [0.29, 0.717) is 22.9 Å². The fourth-order valence-electron chi connectivity index (χ4n) is 1.66. The number of aromatic nitrogens is 2. The van der Waals surface area contributed by atoms with E-state index in [1.54, 1.807) is 18.2 Å². The molecule has 0 fully saturated rings. The third-order valence-corrected chi connectivity index (χ3v) is 2.46. The van der Waals surface area contributed by atoms with Crippen LogP contribution in [0, 0.1) is 0 Å². The Morgan fingerprint density at radius 3 is 2.82 bits per heavy atom. The average molecular weight is 234 g/mol. The molecule has 0 radical (unpaired) electrons. The van der Waals surface area contributed by atoms with Crippen LogP contribution in [-0.2, 0) is 11.3 Å². The van der Waals surface area contributed by atoms with E-state index in [4.69, 9.17) is 4.74 Å². The third kappa shape index (κ3) is 1.73. The summed E-state index contributed by atoms with van der Waals surface area (Å²) >= 11 is 0. The Morgan fingerprint density at radius 2 is 2.18 bits per heavy atom. The van der Waals surface area contributed by atoms with Gasteiger partial charge in [-0.2, -0.15) is 0 Å². The molecule has 0 spiro atoms. The zero-order chi connectivity index (χ0) is 12.4. The molecule has 6 heteroatoms. The Hall–Kier alpha value is -2.37. The first-order valence-corrected chi connectivity index (χ1v) is 4.92. The highest BCUT2D eigenvalue weighted by Crippen LogP contribution is 2.19. The molecule has 17 heavy (non-hydrogen) atoms. The van der Waals surface area contributed by atoms with E-state index in [0.717, 1.165) is 4.57 Å². The summed E-state index contributed by atoms with van der Waals surface area (Å²) in [5.41, 5.74) is -0.791. The van der Waals surface area contributed by atoms with E-state index >= 15 is 0 Å². The van der Waals surface area contributed by atoms with Gasteiger partial charge in [-0.25, -0.2) is 4.79 Å². The van der Waals surface area contributed by atoms with Gasteiger partial charge in [-0.1, -0.05) is 6.07 Å². The van der Waals surface area contributed by atoms with Crippen LogP contribution in [0.4, 0.5) is 0 Å². The summed E-state index contributed by atoms with van der Waals surface area (Å²) in [6, 6.07) is 4.85. The quantitative estimate of drug-likeness (QED) is 0.752. The van der Waals surface area contributed by atoms with Crippen LogP contribution in [0.25, 0.3) is 10.9 Å². The van der Waals surface area contributed by atoms with Crippen molar-refractivity contribution in [2.45, 2.75) is 6.54 Å². The summed E-state index contributed by atoms with van der Waals surface area (Å²) < 4.78 is 5.89. The van der Waals surface area contributed by atoms with Crippen LogP contribution in [0.1, 0.15) is 0 Å². The van der Waals surface area contributed by atoms with Crippen LogP contribution in [0.15, 0.2) is 27.8 Å². The Morgan fingerprint density at radius 1 is 1.41 bits per heavy atom. The van der Waals surface area contributed by atoms with Crippen LogP contribution in [0.5, 0.6) is 5.75 Å². The van der Waals surface area contributed by atoms with E-state index in [2.05, 4.69) is 4.98 Å². The molecule has 2 rings (SSSR count). The van der Waals surface area contributed by atoms with Crippen molar-refractivity contribution < 1.29 is 9.53 Å². The van der Waals surface area contributed by atoms with Crippen LogP contribution >= 0.6 is 0 Å². The van der Waals surface area contributed by atoms with Crippen molar-refractivity contribution in [2.75, 3.05) is 7.11 Å². The van der Waals surface area contributed by atoms with Crippen LogP contribution < -0.4 is 16.0 Å². The summed E-state index contributed by atoms with van der Waals surface area (Å²) in [4.78, 5) is 36.5. The molecule has 2 aromatic rings. The maximum atomic E-state index is 11.9. The molecular formula is C11H10N2O4. The number of H-pyrrole nitrogens is 1. The van der Waals surface area contributed by atoms with Crippen molar-refractivity contribution in [3.8, 4) is 5.75 Å². The van der Waals surface area contributed by atoms with Gasteiger partial charge in [0.15, 0.2) is 0 Å². The predicted octanol–water partition coefficient (Wildman–Crippen LogP) is -0.103. The number of ether oxygens (including phenoxy) is 1. The predicted molar refractivity (Wildman–Crippen MR) is 61.4 cm³/mol. The molecule has 0 atom stereocenters. The largest absolute Gasteiger partial charge is 0.495 e.